The van der Waals surface area contributed by atoms with Crippen molar-refractivity contribution in [2.75, 3.05) is 23.5 Å². The van der Waals surface area contributed by atoms with Gasteiger partial charge in [0.25, 0.3) is 0 Å². The molecule has 0 saturated carbocycles. The number of ether oxygens (including phenoxy) is 2. The lowest BCUT2D eigenvalue weighted by Crippen LogP contribution is -2.40. The van der Waals surface area contributed by atoms with Crippen LogP contribution in [0.5, 0.6) is 11.5 Å². The van der Waals surface area contributed by atoms with Gasteiger partial charge in [-0.05, 0) is 50.1 Å². The minimum absolute atomic E-state index is 0.0500. The zero-order valence-electron chi connectivity index (χ0n) is 19.6. The average molecular weight is 449 g/mol. The van der Waals surface area contributed by atoms with E-state index in [9.17, 15) is 0 Å². The fraction of sp³-hybridized carbons (Fsp3) is 0.346. The van der Waals surface area contributed by atoms with Gasteiger partial charge in [0, 0.05) is 11.6 Å². The van der Waals surface area contributed by atoms with Gasteiger partial charge in [0.15, 0.2) is 0 Å². The Labute approximate surface area is 195 Å². The Kier molecular flexibility index (Phi) is 6.44. The fourth-order valence-corrected chi connectivity index (χ4v) is 3.80. The van der Waals surface area contributed by atoms with Gasteiger partial charge >= 0.3 is 0 Å². The first-order chi connectivity index (χ1) is 15.8. The molecule has 0 bridgehead atoms. The van der Waals surface area contributed by atoms with Gasteiger partial charge in [0.2, 0.25) is 0 Å². The highest BCUT2D eigenvalue weighted by Crippen LogP contribution is 2.43. The minimum Gasteiger partial charge on any atom is -0.493 e. The van der Waals surface area contributed by atoms with Crippen LogP contribution in [0, 0.1) is 5.41 Å². The SMILES string of the molecule is CC1(C)COc2ccccc2C1.CC1(C)COc2ccccc2N1.ONN1c2ccncc21. The smallest absolute Gasteiger partial charge is 0.142 e. The molecule has 0 spiro atoms. The Morgan fingerprint density at radius 1 is 0.909 bits per heavy atom. The number of fused-ring (bicyclic) bond motifs is 3. The lowest BCUT2D eigenvalue weighted by molar-refractivity contribution is 0.155. The second-order valence-electron chi connectivity index (χ2n) is 9.83. The highest BCUT2D eigenvalue weighted by molar-refractivity contribution is 5.90. The summed E-state index contributed by atoms with van der Waals surface area (Å²) in [7, 11) is 0. The zero-order valence-corrected chi connectivity index (χ0v) is 19.6. The average Bonchev–Trinajstić information content (AvgIpc) is 3.52. The summed E-state index contributed by atoms with van der Waals surface area (Å²) in [6.07, 6.45) is 4.48. The third-order valence-electron chi connectivity index (χ3n) is 5.52. The first-order valence-electron chi connectivity index (χ1n) is 11.1. The van der Waals surface area contributed by atoms with Crippen LogP contribution in [0.15, 0.2) is 67.0 Å². The van der Waals surface area contributed by atoms with E-state index in [0.29, 0.717) is 5.41 Å². The van der Waals surface area contributed by atoms with E-state index in [2.05, 4.69) is 50.1 Å². The molecule has 3 aliphatic heterocycles. The molecule has 0 aliphatic carbocycles. The van der Waals surface area contributed by atoms with E-state index in [1.54, 1.807) is 12.4 Å². The van der Waals surface area contributed by atoms with Gasteiger partial charge in [0.1, 0.15) is 23.8 Å². The van der Waals surface area contributed by atoms with Crippen molar-refractivity contribution in [3.05, 3.63) is 72.6 Å². The van der Waals surface area contributed by atoms with Crippen LogP contribution >= 0.6 is 0 Å². The van der Waals surface area contributed by atoms with Gasteiger partial charge in [-0.25, -0.2) is 5.01 Å². The van der Waals surface area contributed by atoms with E-state index < -0.39 is 0 Å². The molecule has 3 aliphatic rings. The second-order valence-corrected chi connectivity index (χ2v) is 9.83. The van der Waals surface area contributed by atoms with E-state index >= 15 is 0 Å². The maximum atomic E-state index is 8.38. The molecule has 0 amide bonds. The topological polar surface area (TPSA) is 78.7 Å². The van der Waals surface area contributed by atoms with Gasteiger partial charge in [-0.1, -0.05) is 44.2 Å². The van der Waals surface area contributed by atoms with Crippen molar-refractivity contribution in [2.45, 2.75) is 39.7 Å². The normalized spacial score (nSPS) is 17.5. The second kappa shape index (κ2) is 9.29. The fourth-order valence-electron chi connectivity index (χ4n) is 3.80. The van der Waals surface area contributed by atoms with Gasteiger partial charge in [-0.15, -0.1) is 5.59 Å². The van der Waals surface area contributed by atoms with Crippen LogP contribution in [0.1, 0.15) is 33.3 Å². The Hall–Kier alpha value is -3.29. The van der Waals surface area contributed by atoms with E-state index in [-0.39, 0.29) is 5.54 Å². The first-order valence-corrected chi connectivity index (χ1v) is 11.1. The Morgan fingerprint density at radius 3 is 2.33 bits per heavy atom. The van der Waals surface area contributed by atoms with Crippen LogP contribution in [0.3, 0.4) is 0 Å². The van der Waals surface area contributed by atoms with Crippen LogP contribution < -0.4 is 25.4 Å². The molecule has 7 heteroatoms. The quantitative estimate of drug-likeness (QED) is 0.342. The largest absolute Gasteiger partial charge is 0.493 e. The molecule has 3 N–H and O–H groups in total. The Balaban J connectivity index is 0.000000119. The summed E-state index contributed by atoms with van der Waals surface area (Å²) in [5, 5.41) is 13.3. The number of rotatable bonds is 1. The molecular formula is C26H32N4O3. The van der Waals surface area contributed by atoms with Crippen molar-refractivity contribution >= 4 is 17.1 Å². The molecule has 4 heterocycles. The molecule has 174 valence electrons. The van der Waals surface area contributed by atoms with Crippen LogP contribution in [0.2, 0.25) is 0 Å². The minimum atomic E-state index is 0.0500. The molecule has 2 aromatic carbocycles. The molecule has 1 aromatic heterocycles. The van der Waals surface area contributed by atoms with Crippen molar-refractivity contribution in [2.24, 2.45) is 5.41 Å². The van der Waals surface area contributed by atoms with Gasteiger partial charge in [-0.3, -0.25) is 10.2 Å². The number of hydrazine groups is 1. The van der Waals surface area contributed by atoms with E-state index in [1.807, 2.05) is 48.1 Å². The molecule has 0 saturated heterocycles. The number of nitrogens with zero attached hydrogens (tertiary/aromatic N) is 2. The van der Waals surface area contributed by atoms with Crippen molar-refractivity contribution in [1.29, 1.82) is 0 Å². The number of para-hydroxylation sites is 3. The summed E-state index contributed by atoms with van der Waals surface area (Å²) >= 11 is 0. The number of aromatic nitrogens is 1. The lowest BCUT2D eigenvalue weighted by atomic mass is 9.84. The van der Waals surface area contributed by atoms with Crippen LogP contribution in [0.25, 0.3) is 0 Å². The number of hydrogen-bond donors (Lipinski definition) is 3. The molecule has 33 heavy (non-hydrogen) atoms. The number of pyridine rings is 1. The number of anilines is 3. The molecule has 0 radical (unpaired) electrons. The summed E-state index contributed by atoms with van der Waals surface area (Å²) in [5.41, 5.74) is 6.69. The Morgan fingerprint density at radius 2 is 1.61 bits per heavy atom. The van der Waals surface area contributed by atoms with Crippen molar-refractivity contribution in [3.8, 4) is 11.5 Å². The lowest BCUT2D eigenvalue weighted by Gasteiger charge is -2.33. The van der Waals surface area contributed by atoms with Crippen LogP contribution in [0.4, 0.5) is 17.1 Å². The molecule has 0 atom stereocenters. The van der Waals surface area contributed by atoms with Crippen molar-refractivity contribution in [1.82, 2.24) is 10.6 Å². The van der Waals surface area contributed by atoms with Gasteiger partial charge in [-0.2, -0.15) is 0 Å². The van der Waals surface area contributed by atoms with Crippen LogP contribution in [-0.2, 0) is 6.42 Å². The highest BCUT2D eigenvalue weighted by Gasteiger charge is 2.28. The van der Waals surface area contributed by atoms with E-state index in [1.165, 1.54) is 10.6 Å². The molecular weight excluding hydrogens is 416 g/mol. The van der Waals surface area contributed by atoms with Gasteiger partial charge in [0.05, 0.1) is 29.7 Å². The van der Waals surface area contributed by atoms with Gasteiger partial charge < -0.3 is 14.8 Å². The Bertz CT molecular complexity index is 1020. The first kappa shape index (κ1) is 22.9. The number of nitrogens with one attached hydrogen (secondary N) is 2. The third kappa shape index (κ3) is 5.74. The monoisotopic (exact) mass is 448 g/mol. The number of hydrogen-bond acceptors (Lipinski definition) is 7. The summed E-state index contributed by atoms with van der Waals surface area (Å²) in [5.74, 6) is 2.02. The van der Waals surface area contributed by atoms with Crippen molar-refractivity contribution in [3.63, 3.8) is 0 Å². The summed E-state index contributed by atoms with van der Waals surface area (Å²) in [6, 6.07) is 18.1. The zero-order chi connectivity index (χ0) is 23.5. The van der Waals surface area contributed by atoms with Crippen LogP contribution in [-0.4, -0.2) is 28.9 Å². The molecule has 0 fully saturated rings. The molecule has 7 nitrogen and oxygen atoms in total. The maximum Gasteiger partial charge on any atom is 0.142 e. The van der Waals surface area contributed by atoms with E-state index in [4.69, 9.17) is 14.7 Å². The molecule has 6 rings (SSSR count). The summed E-state index contributed by atoms with van der Waals surface area (Å²) in [6.45, 7) is 10.3. The van der Waals surface area contributed by atoms with Crippen molar-refractivity contribution < 1.29 is 14.7 Å². The summed E-state index contributed by atoms with van der Waals surface area (Å²) in [4.78, 5) is 3.84. The maximum absolute atomic E-state index is 8.38. The highest BCUT2D eigenvalue weighted by atomic mass is 16.5. The molecule has 0 unspecified atom stereocenters. The van der Waals surface area contributed by atoms with E-state index in [0.717, 1.165) is 48.2 Å². The predicted molar refractivity (Wildman–Crippen MR) is 130 cm³/mol. The predicted octanol–water partition coefficient (Wildman–Crippen LogP) is 5.34. The molecule has 3 aromatic rings. The number of benzene rings is 2. The third-order valence-corrected chi connectivity index (χ3v) is 5.52. The standard InChI is InChI=1S/C11H14O.C10H13NO.C5H5N3O/c1-11(2)7-9-5-3-4-6-10(9)12-8-11;1-10(2)7-12-9-6-4-3-5-8(9)11-10;9-7-8-4-1-2-6-3-5(4)8/h3-6H,7-8H2,1-2H3;3-6,11H,7H2,1-2H3;1-3,7,9H. The summed E-state index contributed by atoms with van der Waals surface area (Å²) < 4.78 is 11.2.